The maximum absolute atomic E-state index is 13.4. The molecular weight excluding hydrogens is 362 g/mol. The molecule has 1 aromatic rings. The van der Waals surface area contributed by atoms with Crippen LogP contribution < -0.4 is 10.6 Å². The second-order valence-electron chi connectivity index (χ2n) is 9.91. The minimum atomic E-state index is -0.547. The zero-order valence-corrected chi connectivity index (χ0v) is 17.4. The van der Waals surface area contributed by atoms with Crippen LogP contribution in [0.2, 0.25) is 0 Å². The van der Waals surface area contributed by atoms with E-state index in [1.54, 1.807) is 0 Å². The van der Waals surface area contributed by atoms with Crippen LogP contribution in [0.25, 0.3) is 0 Å². The fourth-order valence-electron chi connectivity index (χ4n) is 6.24. The van der Waals surface area contributed by atoms with Gasteiger partial charge in [-0.25, -0.2) is 0 Å². The first-order chi connectivity index (χ1) is 13.9. The monoisotopic (exact) mass is 393 g/mol. The van der Waals surface area contributed by atoms with Crippen molar-refractivity contribution in [2.24, 2.45) is 29.1 Å². The number of carbonyl (C=O) groups is 2. The van der Waals surface area contributed by atoms with E-state index in [4.69, 9.17) is 5.26 Å². The van der Waals surface area contributed by atoms with E-state index in [2.05, 4.69) is 16.7 Å². The van der Waals surface area contributed by atoms with Crippen LogP contribution in [0.5, 0.6) is 0 Å². The summed E-state index contributed by atoms with van der Waals surface area (Å²) in [6.45, 7) is 3.94. The number of carbonyl (C=O) groups excluding carboxylic acids is 2. The fraction of sp³-hybridized carbons (Fsp3) is 0.625. The van der Waals surface area contributed by atoms with E-state index >= 15 is 0 Å². The van der Waals surface area contributed by atoms with Crippen molar-refractivity contribution in [1.29, 1.82) is 5.26 Å². The molecule has 5 nitrogen and oxygen atoms in total. The quantitative estimate of drug-likeness (QED) is 0.765. The number of rotatable bonds is 6. The van der Waals surface area contributed by atoms with Crippen molar-refractivity contribution < 1.29 is 9.59 Å². The summed E-state index contributed by atoms with van der Waals surface area (Å²) in [5.41, 5.74) is 1.36. The molecule has 4 aliphatic rings. The van der Waals surface area contributed by atoms with Crippen molar-refractivity contribution in [2.75, 3.05) is 5.32 Å². The Morgan fingerprint density at radius 2 is 1.62 bits per heavy atom. The highest BCUT2D eigenvalue weighted by Crippen LogP contribution is 2.60. The van der Waals surface area contributed by atoms with E-state index in [1.807, 2.05) is 38.1 Å². The number of nitrogens with one attached hydrogen (secondary N) is 2. The van der Waals surface area contributed by atoms with Gasteiger partial charge in [0.25, 0.3) is 0 Å². The lowest BCUT2D eigenvalue weighted by atomic mass is 9.49. The molecule has 0 aromatic heterocycles. The zero-order chi connectivity index (χ0) is 20.6. The molecule has 4 saturated carbocycles. The molecular formula is C24H31N3O2. The first kappa shape index (κ1) is 19.9. The van der Waals surface area contributed by atoms with E-state index in [0.29, 0.717) is 29.9 Å². The number of anilines is 1. The summed E-state index contributed by atoms with van der Waals surface area (Å²) >= 11 is 0. The molecule has 2 amide bonds. The fourth-order valence-corrected chi connectivity index (χ4v) is 6.24. The highest BCUT2D eigenvalue weighted by molar-refractivity contribution is 5.98. The van der Waals surface area contributed by atoms with Gasteiger partial charge in [0.05, 0.1) is 12.5 Å². The summed E-state index contributed by atoms with van der Waals surface area (Å²) in [4.78, 5) is 26.3. The summed E-state index contributed by atoms with van der Waals surface area (Å²) in [6.07, 6.45) is 7.23. The third kappa shape index (κ3) is 4.03. The minimum absolute atomic E-state index is 0.00530. The van der Waals surface area contributed by atoms with Gasteiger partial charge in [-0.3, -0.25) is 9.59 Å². The maximum Gasteiger partial charge on any atom is 0.247 e. The summed E-state index contributed by atoms with van der Waals surface area (Å²) in [6, 6.07) is 8.88. The molecule has 5 heteroatoms. The van der Waals surface area contributed by atoms with Gasteiger partial charge >= 0.3 is 0 Å². The van der Waals surface area contributed by atoms with E-state index in [9.17, 15) is 9.59 Å². The number of hydrogen-bond acceptors (Lipinski definition) is 3. The van der Waals surface area contributed by atoms with Gasteiger partial charge in [0.15, 0.2) is 0 Å². The average Bonchev–Trinajstić information content (AvgIpc) is 2.66. The van der Waals surface area contributed by atoms with Crippen LogP contribution in [0.1, 0.15) is 57.9 Å². The predicted molar refractivity (Wildman–Crippen MR) is 112 cm³/mol. The molecule has 0 saturated heterocycles. The van der Waals surface area contributed by atoms with Crippen molar-refractivity contribution in [3.63, 3.8) is 0 Å². The van der Waals surface area contributed by atoms with Gasteiger partial charge in [-0.2, -0.15) is 5.26 Å². The van der Waals surface area contributed by atoms with Crippen molar-refractivity contribution in [2.45, 2.75) is 64.8 Å². The molecule has 0 heterocycles. The van der Waals surface area contributed by atoms with Crippen molar-refractivity contribution in [1.82, 2.24) is 5.32 Å². The van der Waals surface area contributed by atoms with Crippen molar-refractivity contribution >= 4 is 17.5 Å². The highest BCUT2D eigenvalue weighted by atomic mass is 16.2. The molecule has 4 bridgehead atoms. The van der Waals surface area contributed by atoms with Gasteiger partial charge < -0.3 is 10.6 Å². The Morgan fingerprint density at radius 1 is 1.07 bits per heavy atom. The Labute approximate surface area is 173 Å². The van der Waals surface area contributed by atoms with Crippen LogP contribution in [0.3, 0.4) is 0 Å². The summed E-state index contributed by atoms with van der Waals surface area (Å²) in [7, 11) is 0. The number of amides is 2. The average molecular weight is 394 g/mol. The molecule has 0 radical (unpaired) electrons. The van der Waals surface area contributed by atoms with Crippen LogP contribution in [0.4, 0.5) is 5.69 Å². The Balaban J connectivity index is 1.43. The van der Waals surface area contributed by atoms with Gasteiger partial charge in [0, 0.05) is 11.1 Å². The first-order valence-electron chi connectivity index (χ1n) is 11.0. The van der Waals surface area contributed by atoms with Crippen LogP contribution in [-0.4, -0.2) is 17.9 Å². The van der Waals surface area contributed by atoms with Crippen LogP contribution in [-0.2, 0) is 16.0 Å². The van der Waals surface area contributed by atoms with Crippen molar-refractivity contribution in [3.8, 4) is 6.07 Å². The summed E-state index contributed by atoms with van der Waals surface area (Å²) < 4.78 is 0. The zero-order valence-electron chi connectivity index (χ0n) is 17.4. The Hall–Kier alpha value is -2.35. The van der Waals surface area contributed by atoms with Crippen LogP contribution in [0, 0.1) is 40.4 Å². The topological polar surface area (TPSA) is 82.0 Å². The number of hydrogen-bond donors (Lipinski definition) is 2. The molecule has 5 rings (SSSR count). The Kier molecular flexibility index (Phi) is 5.38. The number of nitriles is 1. The van der Waals surface area contributed by atoms with E-state index in [-0.39, 0.29) is 23.1 Å². The second-order valence-corrected chi connectivity index (χ2v) is 9.91. The lowest BCUT2D eigenvalue weighted by Crippen LogP contribution is -2.57. The standard InChI is InChI=1S/C24H31N3O2/c1-15(2)21(22(28)26-20-5-3-16(4-6-20)7-8-25)27-23(29)24-12-17-9-18(13-24)11-19(10-17)14-24/h3-6,15,17-19,21H,7,9-14H2,1-2H3,(H,26,28)(H,27,29). The predicted octanol–water partition coefficient (Wildman–Crippen LogP) is 4.05. The molecule has 4 aliphatic carbocycles. The number of benzene rings is 1. The van der Waals surface area contributed by atoms with Gasteiger partial charge in [0.1, 0.15) is 6.04 Å². The highest BCUT2D eigenvalue weighted by Gasteiger charge is 2.55. The first-order valence-corrected chi connectivity index (χ1v) is 11.0. The van der Waals surface area contributed by atoms with Gasteiger partial charge in [-0.05, 0) is 79.9 Å². The maximum atomic E-state index is 13.4. The van der Waals surface area contributed by atoms with Gasteiger partial charge in [0.2, 0.25) is 11.8 Å². The number of nitrogens with zero attached hydrogens (tertiary/aromatic N) is 1. The van der Waals surface area contributed by atoms with Gasteiger partial charge in [-0.1, -0.05) is 26.0 Å². The van der Waals surface area contributed by atoms with Crippen LogP contribution >= 0.6 is 0 Å². The second kappa shape index (κ2) is 7.82. The molecule has 4 fully saturated rings. The summed E-state index contributed by atoms with van der Waals surface area (Å²) in [5, 5.41) is 14.8. The normalized spacial score (nSPS) is 30.6. The molecule has 1 atom stereocenters. The van der Waals surface area contributed by atoms with E-state index < -0.39 is 6.04 Å². The largest absolute Gasteiger partial charge is 0.344 e. The third-order valence-electron chi connectivity index (χ3n) is 7.26. The van der Waals surface area contributed by atoms with E-state index in [1.165, 1.54) is 19.3 Å². The molecule has 0 spiro atoms. The van der Waals surface area contributed by atoms with Gasteiger partial charge in [-0.15, -0.1) is 0 Å². The van der Waals surface area contributed by atoms with Crippen molar-refractivity contribution in [3.05, 3.63) is 29.8 Å². The third-order valence-corrected chi connectivity index (χ3v) is 7.26. The van der Waals surface area contributed by atoms with Crippen LogP contribution in [0.15, 0.2) is 24.3 Å². The molecule has 1 aromatic carbocycles. The molecule has 1 unspecified atom stereocenters. The minimum Gasteiger partial charge on any atom is -0.344 e. The molecule has 29 heavy (non-hydrogen) atoms. The Morgan fingerprint density at radius 3 is 2.10 bits per heavy atom. The summed E-state index contributed by atoms with van der Waals surface area (Å²) in [5.74, 6) is 2.02. The molecule has 2 N–H and O–H groups in total. The lowest BCUT2D eigenvalue weighted by Gasteiger charge is -2.55. The SMILES string of the molecule is CC(C)C(NC(=O)C12CC3CC(CC(C3)C1)C2)C(=O)Nc1ccc(CC#N)cc1. The molecule has 154 valence electrons. The van der Waals surface area contributed by atoms with E-state index in [0.717, 1.165) is 24.8 Å². The lowest BCUT2D eigenvalue weighted by molar-refractivity contribution is -0.148. The Bertz CT molecular complexity index is 786. The molecule has 0 aliphatic heterocycles. The smallest absolute Gasteiger partial charge is 0.247 e.